The van der Waals surface area contributed by atoms with Crippen LogP contribution in [0.25, 0.3) is 0 Å². The van der Waals surface area contributed by atoms with E-state index in [4.69, 9.17) is 31.5 Å². The molecule has 1 fully saturated rings. The molecule has 126 valence electrons. The maximum absolute atomic E-state index is 12.6. The summed E-state index contributed by atoms with van der Waals surface area (Å²) in [7, 11) is 0. The molecular formula is C16H21ClN2O4. The summed E-state index contributed by atoms with van der Waals surface area (Å²) in [6.07, 6.45) is 2.77. The number of likely N-dealkylation sites (tertiary alicyclic amines) is 1. The van der Waals surface area contributed by atoms with Crippen molar-refractivity contribution in [1.82, 2.24) is 4.90 Å². The van der Waals surface area contributed by atoms with Gasteiger partial charge in [0.2, 0.25) is 6.79 Å². The molecule has 0 aromatic heterocycles. The van der Waals surface area contributed by atoms with Crippen molar-refractivity contribution in [2.45, 2.75) is 25.4 Å². The Kier molecular flexibility index (Phi) is 5.25. The van der Waals surface area contributed by atoms with Crippen molar-refractivity contribution >= 4 is 17.5 Å². The maximum atomic E-state index is 12.6. The molecule has 2 aliphatic heterocycles. The third-order valence-corrected chi connectivity index (χ3v) is 4.39. The number of piperidine rings is 1. The maximum Gasteiger partial charge on any atom is 0.254 e. The van der Waals surface area contributed by atoms with E-state index in [1.807, 2.05) is 4.90 Å². The molecule has 6 nitrogen and oxygen atoms in total. The number of halogens is 1. The second-order valence-corrected chi connectivity index (χ2v) is 6.10. The molecule has 0 unspecified atom stereocenters. The van der Waals surface area contributed by atoms with Crippen LogP contribution in [0.15, 0.2) is 12.1 Å². The third-order valence-electron chi connectivity index (χ3n) is 4.11. The predicted octanol–water partition coefficient (Wildman–Crippen LogP) is 2.04. The number of nitrogens with two attached hydrogens (primary N) is 1. The monoisotopic (exact) mass is 340 g/mol. The number of hydrogen-bond acceptors (Lipinski definition) is 5. The first-order chi connectivity index (χ1) is 11.2. The molecule has 0 radical (unpaired) electrons. The fraction of sp³-hybridized carbons (Fsp3) is 0.562. The van der Waals surface area contributed by atoms with Gasteiger partial charge in [-0.3, -0.25) is 4.79 Å². The molecule has 23 heavy (non-hydrogen) atoms. The van der Waals surface area contributed by atoms with E-state index in [2.05, 4.69) is 0 Å². The van der Waals surface area contributed by atoms with Crippen molar-refractivity contribution < 1.29 is 19.0 Å². The number of amides is 1. The van der Waals surface area contributed by atoms with Crippen LogP contribution in [-0.4, -0.2) is 49.9 Å². The van der Waals surface area contributed by atoms with Crippen LogP contribution in [-0.2, 0) is 4.74 Å². The molecule has 2 N–H and O–H groups in total. The van der Waals surface area contributed by atoms with E-state index in [9.17, 15) is 4.79 Å². The van der Waals surface area contributed by atoms with E-state index in [1.54, 1.807) is 12.1 Å². The third kappa shape index (κ3) is 3.71. The van der Waals surface area contributed by atoms with E-state index < -0.39 is 0 Å². The zero-order valence-electron chi connectivity index (χ0n) is 12.9. The molecule has 0 spiro atoms. The number of carbonyl (C=O) groups is 1. The van der Waals surface area contributed by atoms with Crippen molar-refractivity contribution in [1.29, 1.82) is 0 Å². The van der Waals surface area contributed by atoms with Crippen LogP contribution in [0, 0.1) is 0 Å². The highest BCUT2D eigenvalue weighted by Crippen LogP contribution is 2.40. The molecule has 3 rings (SSSR count). The Labute approximate surface area is 140 Å². The van der Waals surface area contributed by atoms with E-state index in [0.29, 0.717) is 48.3 Å². The average Bonchev–Trinajstić information content (AvgIpc) is 3.04. The van der Waals surface area contributed by atoms with Crippen LogP contribution in [0.2, 0.25) is 5.02 Å². The van der Waals surface area contributed by atoms with E-state index >= 15 is 0 Å². The van der Waals surface area contributed by atoms with Gasteiger partial charge in [-0.2, -0.15) is 0 Å². The predicted molar refractivity (Wildman–Crippen MR) is 86.1 cm³/mol. The Morgan fingerprint density at radius 3 is 2.87 bits per heavy atom. The topological polar surface area (TPSA) is 74.0 Å². The van der Waals surface area contributed by atoms with Crippen molar-refractivity contribution in [3.8, 4) is 11.5 Å². The molecule has 0 saturated carbocycles. The van der Waals surface area contributed by atoms with Gasteiger partial charge in [0, 0.05) is 25.3 Å². The number of ether oxygens (including phenoxy) is 3. The van der Waals surface area contributed by atoms with Crippen molar-refractivity contribution in [2.24, 2.45) is 5.73 Å². The molecule has 0 aliphatic carbocycles. The summed E-state index contributed by atoms with van der Waals surface area (Å²) in [5.41, 5.74) is 5.99. The summed E-state index contributed by atoms with van der Waals surface area (Å²) < 4.78 is 16.3. The van der Waals surface area contributed by atoms with E-state index in [-0.39, 0.29) is 18.8 Å². The quantitative estimate of drug-likeness (QED) is 0.830. The summed E-state index contributed by atoms with van der Waals surface area (Å²) >= 11 is 6.15. The van der Waals surface area contributed by atoms with Crippen LogP contribution >= 0.6 is 11.6 Å². The minimum Gasteiger partial charge on any atom is -0.454 e. The highest BCUT2D eigenvalue weighted by Gasteiger charge is 2.26. The minimum atomic E-state index is -0.0365. The Morgan fingerprint density at radius 1 is 1.35 bits per heavy atom. The van der Waals surface area contributed by atoms with Crippen LogP contribution < -0.4 is 15.2 Å². The fourth-order valence-electron chi connectivity index (χ4n) is 2.83. The van der Waals surface area contributed by atoms with E-state index in [1.165, 1.54) is 0 Å². The average molecular weight is 341 g/mol. The lowest BCUT2D eigenvalue weighted by Crippen LogP contribution is -2.41. The van der Waals surface area contributed by atoms with Crippen molar-refractivity contribution in [3.63, 3.8) is 0 Å². The molecule has 2 aliphatic rings. The van der Waals surface area contributed by atoms with Gasteiger partial charge < -0.3 is 24.8 Å². The molecule has 0 bridgehead atoms. The molecule has 7 heteroatoms. The van der Waals surface area contributed by atoms with Gasteiger partial charge in [0.25, 0.3) is 5.91 Å². The lowest BCUT2D eigenvalue weighted by atomic mass is 10.1. The number of rotatable bonds is 5. The Bertz CT molecular complexity index is 573. The molecular weight excluding hydrogens is 320 g/mol. The second kappa shape index (κ2) is 7.38. The van der Waals surface area contributed by atoms with Gasteiger partial charge in [0.1, 0.15) is 0 Å². The fourth-order valence-corrected chi connectivity index (χ4v) is 3.10. The lowest BCUT2D eigenvalue weighted by molar-refractivity contribution is 0.00844. The number of benzene rings is 1. The van der Waals surface area contributed by atoms with Gasteiger partial charge in [0.05, 0.1) is 11.1 Å². The Hall–Kier alpha value is -1.50. The normalized spacial score (nSPS) is 17.6. The highest BCUT2D eigenvalue weighted by atomic mass is 35.5. The summed E-state index contributed by atoms with van der Waals surface area (Å²) in [4.78, 5) is 14.5. The molecule has 2 heterocycles. The van der Waals surface area contributed by atoms with Crippen molar-refractivity contribution in [3.05, 3.63) is 22.7 Å². The summed E-state index contributed by atoms with van der Waals surface area (Å²) in [6, 6.07) is 3.33. The van der Waals surface area contributed by atoms with Gasteiger partial charge in [-0.1, -0.05) is 11.6 Å². The van der Waals surface area contributed by atoms with Crippen LogP contribution in [0.4, 0.5) is 0 Å². The minimum absolute atomic E-state index is 0.0365. The van der Waals surface area contributed by atoms with Crippen molar-refractivity contribution in [2.75, 3.05) is 33.0 Å². The summed E-state index contributed by atoms with van der Waals surface area (Å²) in [5, 5.41) is 0.406. The first-order valence-electron chi connectivity index (χ1n) is 7.89. The van der Waals surface area contributed by atoms with E-state index in [0.717, 1.165) is 19.3 Å². The van der Waals surface area contributed by atoms with Crippen LogP contribution in [0.1, 0.15) is 29.6 Å². The molecule has 1 saturated heterocycles. The summed E-state index contributed by atoms with van der Waals surface area (Å²) in [6.45, 7) is 2.82. The van der Waals surface area contributed by atoms with Gasteiger partial charge in [-0.25, -0.2) is 0 Å². The van der Waals surface area contributed by atoms with Gasteiger partial charge in [0.15, 0.2) is 11.5 Å². The molecule has 1 aromatic carbocycles. The van der Waals surface area contributed by atoms with Gasteiger partial charge in [-0.15, -0.1) is 0 Å². The number of fused-ring (bicyclic) bond motifs is 1. The lowest BCUT2D eigenvalue weighted by Gasteiger charge is -2.32. The SMILES string of the molecule is NCCCOC1CCN(C(=O)c2cc(Cl)c3c(c2)OCO3)CC1. The Balaban J connectivity index is 1.59. The number of carbonyl (C=O) groups excluding carboxylic acids is 1. The van der Waals surface area contributed by atoms with Crippen LogP contribution in [0.3, 0.4) is 0 Å². The number of hydrogen-bond donors (Lipinski definition) is 1. The smallest absolute Gasteiger partial charge is 0.254 e. The van der Waals surface area contributed by atoms with Crippen LogP contribution in [0.5, 0.6) is 11.5 Å². The molecule has 0 atom stereocenters. The highest BCUT2D eigenvalue weighted by molar-refractivity contribution is 6.32. The number of nitrogens with zero attached hydrogens (tertiary/aromatic N) is 1. The zero-order chi connectivity index (χ0) is 16.2. The molecule has 1 amide bonds. The first kappa shape index (κ1) is 16.4. The standard InChI is InChI=1S/C16H21ClN2O4/c17-13-8-11(9-14-15(13)23-10-22-14)16(20)19-5-2-12(3-6-19)21-7-1-4-18/h8-9,12H,1-7,10,18H2. The first-order valence-corrected chi connectivity index (χ1v) is 8.27. The summed E-state index contributed by atoms with van der Waals surface area (Å²) in [5.74, 6) is 1.00. The largest absolute Gasteiger partial charge is 0.454 e. The zero-order valence-corrected chi connectivity index (χ0v) is 13.7. The molecule has 1 aromatic rings. The Morgan fingerprint density at radius 2 is 2.13 bits per heavy atom. The van der Waals surface area contributed by atoms with Gasteiger partial charge in [-0.05, 0) is 37.9 Å². The second-order valence-electron chi connectivity index (χ2n) is 5.70. The van der Waals surface area contributed by atoms with Gasteiger partial charge >= 0.3 is 0 Å².